The molecule has 10 heteroatoms. The molecule has 1 N–H and O–H groups in total. The fraction of sp³-hybridized carbons (Fsp3) is 0.323. The molecular weight excluding hydrogens is 531 g/mol. The number of nitrogens with one attached hydrogen (secondary N) is 1. The standard InChI is InChI=1S/C31H30F3N5O2/c32-31(33,34)26-12-6-5-11-25(26)29(40)36-24-18-28(39(21-24)20-22-8-2-1-3-9-22)30(41)38-16-14-37(15-17-38)27-13-7-4-10-23(27)19-35/h1-13,24,28H,14-18,20-21H2,(H,36,40). The van der Waals surface area contributed by atoms with Gasteiger partial charge in [0.05, 0.1) is 28.4 Å². The summed E-state index contributed by atoms with van der Waals surface area (Å²) in [5.41, 5.74) is 1.01. The van der Waals surface area contributed by atoms with Crippen molar-refractivity contribution in [1.29, 1.82) is 5.26 Å². The van der Waals surface area contributed by atoms with Crippen molar-refractivity contribution in [2.75, 3.05) is 37.6 Å². The average Bonchev–Trinajstić information content (AvgIpc) is 3.38. The molecule has 2 heterocycles. The number of anilines is 1. The molecule has 2 fully saturated rings. The Hall–Kier alpha value is -4.36. The summed E-state index contributed by atoms with van der Waals surface area (Å²) < 4.78 is 40.6. The van der Waals surface area contributed by atoms with Gasteiger partial charge in [-0.3, -0.25) is 14.5 Å². The molecule has 212 valence electrons. The van der Waals surface area contributed by atoms with E-state index in [0.717, 1.165) is 17.3 Å². The minimum atomic E-state index is -4.66. The zero-order valence-corrected chi connectivity index (χ0v) is 22.3. The summed E-state index contributed by atoms with van der Waals surface area (Å²) in [6.45, 7) is 2.90. The Morgan fingerprint density at radius 1 is 0.902 bits per heavy atom. The highest BCUT2D eigenvalue weighted by Crippen LogP contribution is 2.32. The quantitative estimate of drug-likeness (QED) is 0.486. The molecule has 2 atom stereocenters. The first-order valence-electron chi connectivity index (χ1n) is 13.5. The first-order chi connectivity index (χ1) is 19.7. The molecule has 2 amide bonds. The van der Waals surface area contributed by atoms with Crippen LogP contribution in [0.3, 0.4) is 0 Å². The summed E-state index contributed by atoms with van der Waals surface area (Å²) in [5, 5.41) is 12.2. The number of hydrogen-bond acceptors (Lipinski definition) is 5. The number of nitrogens with zero attached hydrogens (tertiary/aromatic N) is 4. The van der Waals surface area contributed by atoms with E-state index in [2.05, 4.69) is 16.3 Å². The number of carbonyl (C=O) groups excluding carboxylic acids is 2. The largest absolute Gasteiger partial charge is 0.417 e. The number of amides is 2. The van der Waals surface area contributed by atoms with Gasteiger partial charge in [-0.15, -0.1) is 0 Å². The highest BCUT2D eigenvalue weighted by Gasteiger charge is 2.41. The Labute approximate surface area is 236 Å². The van der Waals surface area contributed by atoms with E-state index < -0.39 is 35.3 Å². The molecule has 0 aliphatic carbocycles. The highest BCUT2D eigenvalue weighted by atomic mass is 19.4. The van der Waals surface area contributed by atoms with Crippen LogP contribution in [0.4, 0.5) is 18.9 Å². The van der Waals surface area contributed by atoms with Crippen molar-refractivity contribution in [3.8, 4) is 6.07 Å². The fourth-order valence-electron chi connectivity index (χ4n) is 5.67. The number of halogens is 3. The molecule has 0 radical (unpaired) electrons. The van der Waals surface area contributed by atoms with Crippen LogP contribution >= 0.6 is 0 Å². The zero-order valence-electron chi connectivity index (χ0n) is 22.3. The normalized spacial score (nSPS) is 19.6. The average molecular weight is 562 g/mol. The van der Waals surface area contributed by atoms with Crippen molar-refractivity contribution < 1.29 is 22.8 Å². The molecule has 2 unspecified atom stereocenters. The molecule has 0 saturated carbocycles. The second-order valence-electron chi connectivity index (χ2n) is 10.3. The van der Waals surface area contributed by atoms with Gasteiger partial charge in [-0.1, -0.05) is 54.6 Å². The van der Waals surface area contributed by atoms with Gasteiger partial charge >= 0.3 is 6.18 Å². The van der Waals surface area contributed by atoms with Gasteiger partial charge in [0.1, 0.15) is 6.07 Å². The summed E-state index contributed by atoms with van der Waals surface area (Å²) in [6.07, 6.45) is -4.36. The van der Waals surface area contributed by atoms with Crippen LogP contribution in [0.25, 0.3) is 0 Å². The maximum Gasteiger partial charge on any atom is 0.417 e. The van der Waals surface area contributed by atoms with Gasteiger partial charge in [0, 0.05) is 45.3 Å². The minimum Gasteiger partial charge on any atom is -0.367 e. The Morgan fingerprint density at radius 2 is 1.56 bits per heavy atom. The number of hydrogen-bond donors (Lipinski definition) is 1. The monoisotopic (exact) mass is 561 g/mol. The highest BCUT2D eigenvalue weighted by molar-refractivity contribution is 5.96. The summed E-state index contributed by atoms with van der Waals surface area (Å²) >= 11 is 0. The molecule has 2 saturated heterocycles. The molecule has 3 aromatic carbocycles. The van der Waals surface area contributed by atoms with Crippen LogP contribution in [0.5, 0.6) is 0 Å². The summed E-state index contributed by atoms with van der Waals surface area (Å²) in [4.78, 5) is 32.7. The van der Waals surface area contributed by atoms with E-state index in [1.807, 2.05) is 53.4 Å². The first kappa shape index (κ1) is 28.2. The van der Waals surface area contributed by atoms with Crippen LogP contribution < -0.4 is 10.2 Å². The van der Waals surface area contributed by atoms with Crippen molar-refractivity contribution in [2.24, 2.45) is 0 Å². The maximum absolute atomic E-state index is 13.8. The lowest BCUT2D eigenvalue weighted by molar-refractivity contribution is -0.138. The SMILES string of the molecule is N#Cc1ccccc1N1CCN(C(=O)C2CC(NC(=O)c3ccccc3C(F)(F)F)CN2Cc2ccccc2)CC1. The molecule has 0 bridgehead atoms. The smallest absolute Gasteiger partial charge is 0.367 e. The van der Waals surface area contributed by atoms with Gasteiger partial charge < -0.3 is 15.1 Å². The van der Waals surface area contributed by atoms with E-state index in [1.165, 1.54) is 18.2 Å². The third-order valence-corrected chi connectivity index (χ3v) is 7.69. The fourth-order valence-corrected chi connectivity index (χ4v) is 5.67. The predicted molar refractivity (Wildman–Crippen MR) is 148 cm³/mol. The minimum absolute atomic E-state index is 0.0680. The van der Waals surface area contributed by atoms with Gasteiger partial charge in [-0.25, -0.2) is 0 Å². The number of nitriles is 1. The van der Waals surface area contributed by atoms with Crippen molar-refractivity contribution in [2.45, 2.75) is 31.2 Å². The number of para-hydroxylation sites is 1. The molecule has 0 aromatic heterocycles. The predicted octanol–water partition coefficient (Wildman–Crippen LogP) is 4.30. The number of carbonyl (C=O) groups is 2. The first-order valence-corrected chi connectivity index (χ1v) is 13.5. The lowest BCUT2D eigenvalue weighted by atomic mass is 10.1. The number of likely N-dealkylation sites (tertiary alicyclic amines) is 1. The number of alkyl halides is 3. The Kier molecular flexibility index (Phi) is 8.26. The summed E-state index contributed by atoms with van der Waals surface area (Å²) in [5.74, 6) is -0.873. The molecule has 7 nitrogen and oxygen atoms in total. The molecule has 41 heavy (non-hydrogen) atoms. The molecular formula is C31H30F3N5O2. The summed E-state index contributed by atoms with van der Waals surface area (Å²) in [7, 11) is 0. The maximum atomic E-state index is 13.8. The van der Waals surface area contributed by atoms with Crippen molar-refractivity contribution in [3.63, 3.8) is 0 Å². The van der Waals surface area contributed by atoms with Gasteiger partial charge in [0.2, 0.25) is 5.91 Å². The topological polar surface area (TPSA) is 79.7 Å². The number of rotatable bonds is 6. The van der Waals surface area contributed by atoms with Crippen molar-refractivity contribution in [3.05, 3.63) is 101 Å². The third-order valence-electron chi connectivity index (χ3n) is 7.69. The van der Waals surface area contributed by atoms with E-state index >= 15 is 0 Å². The lowest BCUT2D eigenvalue weighted by Gasteiger charge is -2.38. The Morgan fingerprint density at radius 3 is 2.27 bits per heavy atom. The van der Waals surface area contributed by atoms with Gasteiger partial charge in [-0.2, -0.15) is 18.4 Å². The summed E-state index contributed by atoms with van der Waals surface area (Å²) in [6, 6.07) is 22.9. The van der Waals surface area contributed by atoms with E-state index in [1.54, 1.807) is 11.0 Å². The molecule has 3 aromatic rings. The molecule has 0 spiro atoms. The number of piperazine rings is 1. The number of benzene rings is 3. The lowest BCUT2D eigenvalue weighted by Crippen LogP contribution is -2.53. The van der Waals surface area contributed by atoms with Crippen LogP contribution in [0.15, 0.2) is 78.9 Å². The van der Waals surface area contributed by atoms with Crippen molar-refractivity contribution >= 4 is 17.5 Å². The van der Waals surface area contributed by atoms with E-state index in [9.17, 15) is 28.0 Å². The van der Waals surface area contributed by atoms with Crippen LogP contribution in [-0.2, 0) is 17.5 Å². The molecule has 2 aliphatic heterocycles. The molecule has 2 aliphatic rings. The van der Waals surface area contributed by atoms with Crippen LogP contribution in [0.2, 0.25) is 0 Å². The Balaban J connectivity index is 1.30. The third kappa shape index (κ3) is 6.36. The van der Waals surface area contributed by atoms with Gasteiger partial charge in [0.25, 0.3) is 5.91 Å². The second kappa shape index (κ2) is 12.0. The van der Waals surface area contributed by atoms with E-state index in [-0.39, 0.29) is 5.91 Å². The zero-order chi connectivity index (χ0) is 29.0. The second-order valence-corrected chi connectivity index (χ2v) is 10.3. The van der Waals surface area contributed by atoms with Crippen LogP contribution in [0, 0.1) is 11.3 Å². The van der Waals surface area contributed by atoms with E-state index in [0.29, 0.717) is 51.3 Å². The van der Waals surface area contributed by atoms with E-state index in [4.69, 9.17) is 0 Å². The Bertz CT molecular complexity index is 1430. The van der Waals surface area contributed by atoms with Crippen LogP contribution in [-0.4, -0.2) is 66.4 Å². The molecule has 5 rings (SSSR count). The van der Waals surface area contributed by atoms with Gasteiger partial charge in [0.15, 0.2) is 0 Å². The van der Waals surface area contributed by atoms with Crippen molar-refractivity contribution in [1.82, 2.24) is 15.1 Å². The van der Waals surface area contributed by atoms with Crippen LogP contribution in [0.1, 0.15) is 33.5 Å². The van der Waals surface area contributed by atoms with Gasteiger partial charge in [-0.05, 0) is 36.2 Å².